The van der Waals surface area contributed by atoms with E-state index in [1.807, 2.05) is 49.5 Å². The molecule has 0 saturated heterocycles. The number of likely N-dealkylation sites (N-methyl/N-ethyl adjacent to an activating group) is 1. The largest absolute Gasteiger partial charge is 0.487 e. The SMILES string of the molecule is CN(C)C/C=C/C(=O)Nc1ccc(O[C@@H]2CCC[C@@H](Nc3ncc(Cl)c(-c4c[nH]c5ccccc45)n3)C2)c(F)c1. The summed E-state index contributed by atoms with van der Waals surface area (Å²) in [5.74, 6) is -0.180. The highest BCUT2D eigenvalue weighted by Gasteiger charge is 2.25. The molecule has 40 heavy (non-hydrogen) atoms. The first-order chi connectivity index (χ1) is 19.4. The number of nitrogens with one attached hydrogen (secondary N) is 3. The summed E-state index contributed by atoms with van der Waals surface area (Å²) < 4.78 is 20.9. The molecule has 0 spiro atoms. The summed E-state index contributed by atoms with van der Waals surface area (Å²) in [5.41, 5.74) is 2.95. The van der Waals surface area contributed by atoms with E-state index in [1.54, 1.807) is 24.4 Å². The molecule has 5 rings (SSSR count). The van der Waals surface area contributed by atoms with E-state index in [9.17, 15) is 9.18 Å². The van der Waals surface area contributed by atoms with Gasteiger partial charge < -0.3 is 25.3 Å². The first-order valence-corrected chi connectivity index (χ1v) is 13.7. The quantitative estimate of drug-likeness (QED) is 0.208. The van der Waals surface area contributed by atoms with E-state index in [2.05, 4.69) is 20.6 Å². The van der Waals surface area contributed by atoms with Crippen LogP contribution >= 0.6 is 11.6 Å². The van der Waals surface area contributed by atoms with Crippen LogP contribution in [0.2, 0.25) is 5.02 Å². The molecule has 3 N–H and O–H groups in total. The van der Waals surface area contributed by atoms with Gasteiger partial charge in [-0.3, -0.25) is 4.79 Å². The molecule has 2 aromatic carbocycles. The Kier molecular flexibility index (Phi) is 8.62. The van der Waals surface area contributed by atoms with Gasteiger partial charge in [0.1, 0.15) is 6.10 Å². The van der Waals surface area contributed by atoms with Crippen molar-refractivity contribution >= 4 is 40.0 Å². The van der Waals surface area contributed by atoms with Crippen LogP contribution in [0, 0.1) is 5.82 Å². The molecule has 0 unspecified atom stereocenters. The molecule has 1 aliphatic carbocycles. The van der Waals surface area contributed by atoms with Crippen molar-refractivity contribution in [2.24, 2.45) is 0 Å². The zero-order chi connectivity index (χ0) is 28.1. The van der Waals surface area contributed by atoms with Crippen molar-refractivity contribution in [1.82, 2.24) is 19.9 Å². The summed E-state index contributed by atoms with van der Waals surface area (Å²) in [7, 11) is 3.82. The Morgan fingerprint density at radius 3 is 2.92 bits per heavy atom. The fourth-order valence-corrected chi connectivity index (χ4v) is 5.06. The lowest BCUT2D eigenvalue weighted by Crippen LogP contribution is -2.33. The summed E-state index contributed by atoms with van der Waals surface area (Å²) in [4.78, 5) is 26.4. The molecule has 4 aromatic rings. The summed E-state index contributed by atoms with van der Waals surface area (Å²) in [6.07, 6.45) is 9.84. The van der Waals surface area contributed by atoms with Crippen molar-refractivity contribution in [2.75, 3.05) is 31.3 Å². The van der Waals surface area contributed by atoms with Gasteiger partial charge in [-0.15, -0.1) is 0 Å². The van der Waals surface area contributed by atoms with Crippen LogP contribution in [0.15, 0.2) is 67.0 Å². The number of carbonyl (C=O) groups excluding carboxylic acids is 1. The lowest BCUT2D eigenvalue weighted by atomic mass is 9.93. The third kappa shape index (κ3) is 6.78. The van der Waals surface area contributed by atoms with E-state index < -0.39 is 5.82 Å². The van der Waals surface area contributed by atoms with Gasteiger partial charge in [0.05, 0.1) is 16.9 Å². The molecule has 1 aliphatic rings. The van der Waals surface area contributed by atoms with E-state index >= 15 is 0 Å². The van der Waals surface area contributed by atoms with Gasteiger partial charge in [0, 0.05) is 59.5 Å². The van der Waals surface area contributed by atoms with Crippen LogP contribution in [0.3, 0.4) is 0 Å². The van der Waals surface area contributed by atoms with Crippen molar-refractivity contribution in [1.29, 1.82) is 0 Å². The van der Waals surface area contributed by atoms with Gasteiger partial charge in [0.25, 0.3) is 0 Å². The molecule has 8 nitrogen and oxygen atoms in total. The Hall–Kier alpha value is -3.95. The van der Waals surface area contributed by atoms with Crippen molar-refractivity contribution in [3.63, 3.8) is 0 Å². The number of hydrogen-bond acceptors (Lipinski definition) is 6. The monoisotopic (exact) mass is 562 g/mol. The van der Waals surface area contributed by atoms with Gasteiger partial charge in [-0.25, -0.2) is 14.4 Å². The molecule has 0 bridgehead atoms. The Morgan fingerprint density at radius 2 is 2.10 bits per heavy atom. The average Bonchev–Trinajstić information content (AvgIpc) is 3.35. The maximum absolute atomic E-state index is 14.8. The van der Waals surface area contributed by atoms with Gasteiger partial charge >= 0.3 is 0 Å². The van der Waals surface area contributed by atoms with Gasteiger partial charge in [-0.2, -0.15) is 0 Å². The topological polar surface area (TPSA) is 95.2 Å². The van der Waals surface area contributed by atoms with Gasteiger partial charge in [-0.1, -0.05) is 35.9 Å². The molecule has 2 atom stereocenters. The second-order valence-electron chi connectivity index (χ2n) is 10.2. The summed E-state index contributed by atoms with van der Waals surface area (Å²) in [5, 5.41) is 7.60. The second-order valence-corrected chi connectivity index (χ2v) is 10.6. The number of rotatable bonds is 9. The van der Waals surface area contributed by atoms with E-state index in [1.165, 1.54) is 12.1 Å². The smallest absolute Gasteiger partial charge is 0.248 e. The third-order valence-corrected chi connectivity index (χ3v) is 7.06. The van der Waals surface area contributed by atoms with Crippen LogP contribution in [0.4, 0.5) is 16.0 Å². The summed E-state index contributed by atoms with van der Waals surface area (Å²) in [6.45, 7) is 0.640. The molecule has 1 amide bonds. The number of fused-ring (bicyclic) bond motifs is 1. The van der Waals surface area contributed by atoms with Crippen LogP contribution < -0.4 is 15.4 Å². The number of benzene rings is 2. The molecule has 0 radical (unpaired) electrons. The number of H-pyrrole nitrogens is 1. The Labute approximate surface area is 237 Å². The van der Waals surface area contributed by atoms with Gasteiger partial charge in [0.15, 0.2) is 11.6 Å². The maximum Gasteiger partial charge on any atom is 0.248 e. The lowest BCUT2D eigenvalue weighted by molar-refractivity contribution is -0.111. The Bertz CT molecular complexity index is 1520. The number of halogens is 2. The predicted molar refractivity (Wildman–Crippen MR) is 157 cm³/mol. The minimum Gasteiger partial charge on any atom is -0.487 e. The minimum atomic E-state index is -0.519. The molecule has 0 aliphatic heterocycles. The number of aromatic nitrogens is 3. The van der Waals surface area contributed by atoms with Crippen LogP contribution in [0.5, 0.6) is 5.75 Å². The Balaban J connectivity index is 1.21. The maximum atomic E-state index is 14.8. The first kappa shape index (κ1) is 27.6. The number of anilines is 2. The van der Waals surface area contributed by atoms with Crippen molar-refractivity contribution in [3.05, 3.63) is 77.9 Å². The van der Waals surface area contributed by atoms with Gasteiger partial charge in [0.2, 0.25) is 11.9 Å². The summed E-state index contributed by atoms with van der Waals surface area (Å²) in [6, 6.07) is 12.5. The normalized spacial score (nSPS) is 17.4. The van der Waals surface area contributed by atoms with Crippen molar-refractivity contribution in [3.8, 4) is 17.0 Å². The predicted octanol–water partition coefficient (Wildman–Crippen LogP) is 6.28. The number of para-hydroxylation sites is 1. The number of hydrogen-bond donors (Lipinski definition) is 3. The van der Waals surface area contributed by atoms with Gasteiger partial charge in [-0.05, 0) is 51.6 Å². The van der Waals surface area contributed by atoms with E-state index in [0.717, 1.165) is 35.7 Å². The number of amides is 1. The van der Waals surface area contributed by atoms with E-state index in [-0.39, 0.29) is 23.8 Å². The fraction of sp³-hybridized carbons (Fsp3) is 0.300. The molecule has 2 heterocycles. The molecule has 2 aromatic heterocycles. The molecular weight excluding hydrogens is 531 g/mol. The number of aromatic amines is 1. The average molecular weight is 563 g/mol. The van der Waals surface area contributed by atoms with Crippen molar-refractivity contribution < 1.29 is 13.9 Å². The zero-order valence-corrected chi connectivity index (χ0v) is 23.2. The van der Waals surface area contributed by atoms with E-state index in [0.29, 0.717) is 35.3 Å². The van der Waals surface area contributed by atoms with Crippen LogP contribution in [-0.2, 0) is 4.79 Å². The standard InChI is InChI=1S/C30H32ClFN6O2/c1-38(2)14-6-11-28(39)35-20-12-13-27(25(32)16-20)40-21-8-5-7-19(15-21)36-30-34-18-24(31)29(37-30)23-17-33-26-10-4-3-9-22(23)26/h3-4,6,9-13,16-19,21,33H,5,7-8,14-15H2,1-2H3,(H,35,39)(H,34,36,37)/b11-6+/t19-,21-/m1/s1. The van der Waals surface area contributed by atoms with E-state index in [4.69, 9.17) is 21.3 Å². The highest BCUT2D eigenvalue weighted by molar-refractivity contribution is 6.33. The highest BCUT2D eigenvalue weighted by atomic mass is 35.5. The molecule has 208 valence electrons. The van der Waals surface area contributed by atoms with Crippen LogP contribution in [0.1, 0.15) is 25.7 Å². The van der Waals surface area contributed by atoms with Crippen molar-refractivity contribution in [2.45, 2.75) is 37.8 Å². The third-order valence-electron chi connectivity index (χ3n) is 6.78. The fourth-order valence-electron chi connectivity index (χ4n) is 4.87. The van der Waals surface area contributed by atoms with Crippen LogP contribution in [0.25, 0.3) is 22.2 Å². The zero-order valence-electron chi connectivity index (χ0n) is 22.5. The molecule has 10 heteroatoms. The lowest BCUT2D eigenvalue weighted by Gasteiger charge is -2.30. The number of carbonyl (C=O) groups is 1. The first-order valence-electron chi connectivity index (χ1n) is 13.3. The molecular formula is C30H32ClFN6O2. The summed E-state index contributed by atoms with van der Waals surface area (Å²) >= 11 is 6.48. The second kappa shape index (κ2) is 12.5. The molecule has 1 fully saturated rings. The number of ether oxygens (including phenoxy) is 1. The minimum absolute atomic E-state index is 0.0614. The molecule has 1 saturated carbocycles. The Morgan fingerprint density at radius 1 is 1.25 bits per heavy atom. The van der Waals surface area contributed by atoms with Crippen LogP contribution in [-0.4, -0.2) is 58.5 Å². The number of nitrogens with zero attached hydrogens (tertiary/aromatic N) is 3. The highest BCUT2D eigenvalue weighted by Crippen LogP contribution is 2.33.